The number of hydrogen-bond donors (Lipinski definition) is 1. The summed E-state index contributed by atoms with van der Waals surface area (Å²) in [7, 11) is 1.76. The van der Waals surface area contributed by atoms with Gasteiger partial charge < -0.3 is 10.6 Å². The van der Waals surface area contributed by atoms with Crippen LogP contribution in [0.25, 0.3) is 0 Å². The third kappa shape index (κ3) is 2.89. The summed E-state index contributed by atoms with van der Waals surface area (Å²) in [6.07, 6.45) is 1.72. The Morgan fingerprint density at radius 2 is 1.86 bits per heavy atom. The number of rotatable bonds is 3. The lowest BCUT2D eigenvalue weighted by atomic mass is 9.73. The molecule has 0 saturated heterocycles. The molecule has 2 aromatic carbocycles. The van der Waals surface area contributed by atoms with Crippen LogP contribution < -0.4 is 5.73 Å². The highest BCUT2D eigenvalue weighted by Crippen LogP contribution is 2.50. The Morgan fingerprint density at radius 3 is 2.41 bits per heavy atom. The summed E-state index contributed by atoms with van der Waals surface area (Å²) >= 11 is 0. The maximum Gasteiger partial charge on any atom is 0.196 e. The predicted molar refractivity (Wildman–Crippen MR) is 108 cm³/mol. The molecule has 2 atom stereocenters. The fraction of sp³-hybridized carbons (Fsp3) is 0.304. The Hall–Kier alpha value is -3.20. The number of likely N-dealkylation sites (N-methyl/N-ethyl adjacent to an activating group) is 1. The van der Waals surface area contributed by atoms with Gasteiger partial charge in [-0.2, -0.15) is 5.26 Å². The molecule has 29 heavy (non-hydrogen) atoms. The Labute approximate surface area is 169 Å². The first-order valence-electron chi connectivity index (χ1n) is 9.47. The smallest absolute Gasteiger partial charge is 0.196 e. The molecule has 0 unspecified atom stereocenters. The van der Waals surface area contributed by atoms with Crippen molar-refractivity contribution in [1.82, 2.24) is 4.90 Å². The van der Waals surface area contributed by atoms with E-state index in [-0.39, 0.29) is 16.9 Å². The van der Waals surface area contributed by atoms with Gasteiger partial charge in [-0.25, -0.2) is 13.8 Å². The van der Waals surface area contributed by atoms with Crippen LogP contribution in [-0.2, 0) is 11.0 Å². The fourth-order valence-corrected chi connectivity index (χ4v) is 4.26. The van der Waals surface area contributed by atoms with Gasteiger partial charge in [0.25, 0.3) is 0 Å². The zero-order valence-electron chi connectivity index (χ0n) is 16.4. The van der Waals surface area contributed by atoms with Crippen LogP contribution in [0, 0.1) is 23.0 Å². The van der Waals surface area contributed by atoms with Crippen LogP contribution >= 0.6 is 0 Å². The van der Waals surface area contributed by atoms with Gasteiger partial charge in [0.1, 0.15) is 17.2 Å². The van der Waals surface area contributed by atoms with Gasteiger partial charge >= 0.3 is 0 Å². The van der Waals surface area contributed by atoms with Crippen LogP contribution in [0.4, 0.5) is 8.78 Å². The van der Waals surface area contributed by atoms with Gasteiger partial charge in [-0.3, -0.25) is 0 Å². The minimum atomic E-state index is -1.10. The number of nitrogens with two attached hydrogens (primary N) is 1. The minimum absolute atomic E-state index is 0.218. The fourth-order valence-electron chi connectivity index (χ4n) is 4.26. The van der Waals surface area contributed by atoms with E-state index in [4.69, 9.17) is 5.73 Å². The van der Waals surface area contributed by atoms with E-state index >= 15 is 0 Å². The summed E-state index contributed by atoms with van der Waals surface area (Å²) in [5, 5.41) is 9.44. The highest BCUT2D eigenvalue weighted by Gasteiger charge is 2.47. The van der Waals surface area contributed by atoms with E-state index < -0.39 is 23.1 Å². The Morgan fingerprint density at radius 1 is 1.21 bits per heavy atom. The van der Waals surface area contributed by atoms with E-state index in [1.165, 1.54) is 12.1 Å². The van der Waals surface area contributed by atoms with Crippen LogP contribution in [0.3, 0.4) is 0 Å². The number of guanidine groups is 1. The molecule has 0 bridgehead atoms. The largest absolute Gasteiger partial charge is 0.370 e. The molecule has 0 aromatic heterocycles. The third-order valence-electron chi connectivity index (χ3n) is 6.25. The normalized spacial score (nSPS) is 25.3. The molecular formula is C23H22F2N4. The maximum atomic E-state index is 14.8. The SMILES string of the molecule is C=C1[C@@H](c2ccc(C3(C#N)CC3)cc2)[C@@](C)(c2ccc(F)cc2F)N=C(N)N1C. The van der Waals surface area contributed by atoms with Gasteiger partial charge in [0.05, 0.1) is 17.4 Å². The predicted octanol–water partition coefficient (Wildman–Crippen LogP) is 4.29. The van der Waals surface area contributed by atoms with Crippen LogP contribution in [-0.4, -0.2) is 17.9 Å². The number of nitriles is 1. The van der Waals surface area contributed by atoms with Gasteiger partial charge in [-0.15, -0.1) is 0 Å². The van der Waals surface area contributed by atoms with Gasteiger partial charge in [0, 0.05) is 24.4 Å². The summed E-state index contributed by atoms with van der Waals surface area (Å²) < 4.78 is 28.3. The number of aliphatic imine (C=N–C) groups is 1. The van der Waals surface area contributed by atoms with Crippen molar-refractivity contribution >= 4 is 5.96 Å². The lowest BCUT2D eigenvalue weighted by Gasteiger charge is -2.44. The molecule has 1 aliphatic heterocycles. The molecule has 2 aromatic rings. The van der Waals surface area contributed by atoms with Gasteiger partial charge in [-0.1, -0.05) is 36.9 Å². The van der Waals surface area contributed by atoms with Crippen LogP contribution in [0.2, 0.25) is 0 Å². The average molecular weight is 392 g/mol. The molecule has 1 heterocycles. The number of benzene rings is 2. The Balaban J connectivity index is 1.84. The molecule has 4 nitrogen and oxygen atoms in total. The monoisotopic (exact) mass is 392 g/mol. The van der Waals surface area contributed by atoms with Gasteiger partial charge in [0.15, 0.2) is 5.96 Å². The molecule has 6 heteroatoms. The molecule has 1 fully saturated rings. The summed E-state index contributed by atoms with van der Waals surface area (Å²) in [5.74, 6) is -1.52. The highest BCUT2D eigenvalue weighted by atomic mass is 19.1. The summed E-state index contributed by atoms with van der Waals surface area (Å²) in [4.78, 5) is 6.29. The van der Waals surface area contributed by atoms with E-state index in [2.05, 4.69) is 17.6 Å². The minimum Gasteiger partial charge on any atom is -0.370 e. The topological polar surface area (TPSA) is 65.4 Å². The first-order valence-corrected chi connectivity index (χ1v) is 9.47. The van der Waals surface area contributed by atoms with Crippen molar-refractivity contribution < 1.29 is 8.78 Å². The number of hydrogen-bond acceptors (Lipinski definition) is 4. The first-order chi connectivity index (χ1) is 13.7. The van der Waals surface area contributed by atoms with Crippen molar-refractivity contribution in [2.24, 2.45) is 10.7 Å². The number of halogens is 2. The van der Waals surface area contributed by atoms with E-state index in [0.717, 1.165) is 30.0 Å². The molecule has 148 valence electrons. The first kappa shape index (κ1) is 19.1. The van der Waals surface area contributed by atoms with Crippen molar-refractivity contribution in [3.63, 3.8) is 0 Å². The molecule has 1 aliphatic carbocycles. The van der Waals surface area contributed by atoms with E-state index in [9.17, 15) is 14.0 Å². The molecule has 0 radical (unpaired) electrons. The summed E-state index contributed by atoms with van der Waals surface area (Å²) in [5.41, 5.74) is 7.39. The number of nitrogens with zero attached hydrogens (tertiary/aromatic N) is 3. The lowest BCUT2D eigenvalue weighted by molar-refractivity contribution is 0.338. The van der Waals surface area contributed by atoms with E-state index in [1.807, 2.05) is 24.3 Å². The second-order valence-electron chi connectivity index (χ2n) is 8.04. The third-order valence-corrected chi connectivity index (χ3v) is 6.25. The van der Waals surface area contributed by atoms with E-state index in [0.29, 0.717) is 5.70 Å². The molecule has 0 amide bonds. The van der Waals surface area contributed by atoms with E-state index in [1.54, 1.807) is 18.9 Å². The van der Waals surface area contributed by atoms with Crippen molar-refractivity contribution in [2.75, 3.05) is 7.05 Å². The average Bonchev–Trinajstić information content (AvgIpc) is 3.48. The summed E-state index contributed by atoms with van der Waals surface area (Å²) in [6, 6.07) is 13.7. The Bertz CT molecular complexity index is 1060. The van der Waals surface area contributed by atoms with Crippen molar-refractivity contribution in [1.29, 1.82) is 5.26 Å². The van der Waals surface area contributed by atoms with Crippen molar-refractivity contribution in [3.8, 4) is 6.07 Å². The highest BCUT2D eigenvalue weighted by molar-refractivity contribution is 5.82. The molecule has 2 aliphatic rings. The second kappa shape index (κ2) is 6.41. The van der Waals surface area contributed by atoms with Crippen molar-refractivity contribution in [2.45, 2.75) is 36.6 Å². The molecular weight excluding hydrogens is 370 g/mol. The molecule has 2 N–H and O–H groups in total. The standard InChI is InChI=1S/C23H22F2N4/c1-14-20(15-4-6-16(7-5-15)23(13-26)10-11-23)22(2,28-21(27)29(14)3)18-9-8-17(24)12-19(18)25/h4-9,12,20H,1,10-11H2,2-3H3,(H2,27,28)/t20-,22+/m0/s1. The Kier molecular flexibility index (Phi) is 4.23. The quantitative estimate of drug-likeness (QED) is 0.847. The van der Waals surface area contributed by atoms with Crippen molar-refractivity contribution in [3.05, 3.63) is 83.1 Å². The molecule has 1 saturated carbocycles. The maximum absolute atomic E-state index is 14.8. The van der Waals surface area contributed by atoms with Crippen LogP contribution in [0.1, 0.15) is 42.4 Å². The van der Waals surface area contributed by atoms with Gasteiger partial charge in [-0.05, 0) is 37.0 Å². The van der Waals surface area contributed by atoms with Crippen LogP contribution in [0.15, 0.2) is 59.7 Å². The molecule has 4 rings (SSSR count). The zero-order valence-corrected chi connectivity index (χ0v) is 16.4. The zero-order chi connectivity index (χ0) is 21.0. The van der Waals surface area contributed by atoms with Gasteiger partial charge in [0.2, 0.25) is 0 Å². The lowest BCUT2D eigenvalue weighted by Crippen LogP contribution is -2.47. The molecule has 0 spiro atoms. The summed E-state index contributed by atoms with van der Waals surface area (Å²) in [6.45, 7) is 5.97. The second-order valence-corrected chi connectivity index (χ2v) is 8.04. The van der Waals surface area contributed by atoms with Crippen LogP contribution in [0.5, 0.6) is 0 Å².